The van der Waals surface area contributed by atoms with E-state index >= 15 is 0 Å². The minimum atomic E-state index is -1.20. The van der Waals surface area contributed by atoms with Crippen LogP contribution < -0.4 is 5.32 Å². The highest BCUT2D eigenvalue weighted by molar-refractivity contribution is 6.29. The summed E-state index contributed by atoms with van der Waals surface area (Å²) in [6.45, 7) is 0. The number of nitrogens with zero attached hydrogens (tertiary/aromatic N) is 1. The summed E-state index contributed by atoms with van der Waals surface area (Å²) in [5.74, 6) is -4.25. The summed E-state index contributed by atoms with van der Waals surface area (Å²) in [7, 11) is 0. The highest BCUT2D eigenvalue weighted by atomic mass is 35.5. The van der Waals surface area contributed by atoms with Gasteiger partial charge in [0.05, 0.1) is 5.56 Å². The fraction of sp³-hybridized carbons (Fsp3) is 0. The fourth-order valence-electron chi connectivity index (χ4n) is 1.36. The molecule has 1 heterocycles. The standard InChI is InChI=1S/C12H6ClF3N2O/c13-10-2-1-6(5-17-10)12(19)18-11-8(15)3-7(14)4-9(11)16/h1-5H,(H,18,19). The predicted octanol–water partition coefficient (Wildman–Crippen LogP) is 3.40. The zero-order valence-corrected chi connectivity index (χ0v) is 10.0. The molecule has 19 heavy (non-hydrogen) atoms. The lowest BCUT2D eigenvalue weighted by atomic mass is 10.2. The lowest BCUT2D eigenvalue weighted by molar-refractivity contribution is 0.102. The van der Waals surface area contributed by atoms with E-state index in [2.05, 4.69) is 4.98 Å². The third-order valence-electron chi connectivity index (χ3n) is 2.23. The molecule has 0 aliphatic rings. The molecule has 3 nitrogen and oxygen atoms in total. The number of hydrogen-bond acceptors (Lipinski definition) is 2. The first-order chi connectivity index (χ1) is 8.97. The van der Waals surface area contributed by atoms with Gasteiger partial charge in [-0.3, -0.25) is 4.79 Å². The molecule has 0 saturated heterocycles. The summed E-state index contributed by atoms with van der Waals surface area (Å²) in [6, 6.07) is 3.63. The highest BCUT2D eigenvalue weighted by Gasteiger charge is 2.15. The Morgan fingerprint density at radius 2 is 1.79 bits per heavy atom. The van der Waals surface area contributed by atoms with Gasteiger partial charge in [0.15, 0.2) is 11.6 Å². The Hall–Kier alpha value is -2.08. The second-order valence-electron chi connectivity index (χ2n) is 3.57. The quantitative estimate of drug-likeness (QED) is 0.860. The second-order valence-corrected chi connectivity index (χ2v) is 3.96. The average molecular weight is 287 g/mol. The molecule has 2 aromatic rings. The van der Waals surface area contributed by atoms with Crippen molar-refractivity contribution < 1.29 is 18.0 Å². The molecule has 0 aliphatic carbocycles. The number of carbonyl (C=O) groups excluding carboxylic acids is 1. The van der Waals surface area contributed by atoms with Crippen LogP contribution in [0.3, 0.4) is 0 Å². The van der Waals surface area contributed by atoms with Crippen LogP contribution in [0.4, 0.5) is 18.9 Å². The van der Waals surface area contributed by atoms with Gasteiger partial charge in [-0.1, -0.05) is 11.6 Å². The molecule has 0 atom stereocenters. The molecular formula is C12H6ClF3N2O. The minimum absolute atomic E-state index is 0.0625. The highest BCUT2D eigenvalue weighted by Crippen LogP contribution is 2.21. The average Bonchev–Trinajstić information content (AvgIpc) is 2.34. The van der Waals surface area contributed by atoms with Crippen LogP contribution >= 0.6 is 11.6 Å². The van der Waals surface area contributed by atoms with Crippen LogP contribution in [0.25, 0.3) is 0 Å². The van der Waals surface area contributed by atoms with Crippen molar-refractivity contribution in [3.8, 4) is 0 Å². The monoisotopic (exact) mass is 286 g/mol. The van der Waals surface area contributed by atoms with Crippen molar-refractivity contribution in [3.05, 3.63) is 58.6 Å². The second kappa shape index (κ2) is 5.27. The number of amides is 1. The molecule has 1 aromatic heterocycles. The van der Waals surface area contributed by atoms with E-state index in [4.69, 9.17) is 11.6 Å². The van der Waals surface area contributed by atoms with Crippen LogP contribution in [-0.2, 0) is 0 Å². The predicted molar refractivity (Wildman–Crippen MR) is 63.5 cm³/mol. The van der Waals surface area contributed by atoms with E-state index in [1.54, 1.807) is 0 Å². The molecule has 2 rings (SSSR count). The van der Waals surface area contributed by atoms with Crippen LogP contribution in [0.5, 0.6) is 0 Å². The summed E-state index contributed by atoms with van der Waals surface area (Å²) in [4.78, 5) is 15.4. The number of benzene rings is 1. The lowest BCUT2D eigenvalue weighted by Crippen LogP contribution is -2.14. The van der Waals surface area contributed by atoms with Gasteiger partial charge in [-0.05, 0) is 12.1 Å². The van der Waals surface area contributed by atoms with Crippen molar-refractivity contribution in [1.82, 2.24) is 4.98 Å². The van der Waals surface area contributed by atoms with Gasteiger partial charge in [0, 0.05) is 18.3 Å². The van der Waals surface area contributed by atoms with Crippen LogP contribution in [-0.4, -0.2) is 10.9 Å². The van der Waals surface area contributed by atoms with Gasteiger partial charge >= 0.3 is 0 Å². The number of hydrogen-bond donors (Lipinski definition) is 1. The fourth-order valence-corrected chi connectivity index (χ4v) is 1.47. The van der Waals surface area contributed by atoms with Crippen molar-refractivity contribution in [2.24, 2.45) is 0 Å². The number of carbonyl (C=O) groups is 1. The van der Waals surface area contributed by atoms with Crippen molar-refractivity contribution in [3.63, 3.8) is 0 Å². The number of anilines is 1. The molecule has 0 radical (unpaired) electrons. The molecule has 1 aromatic carbocycles. The molecule has 0 bridgehead atoms. The molecule has 1 N–H and O–H groups in total. The summed E-state index contributed by atoms with van der Waals surface area (Å²) in [5, 5.41) is 2.18. The van der Waals surface area contributed by atoms with Crippen molar-refractivity contribution in [2.75, 3.05) is 5.32 Å². The molecule has 1 amide bonds. The molecule has 0 aliphatic heterocycles. The first-order valence-electron chi connectivity index (χ1n) is 5.05. The third kappa shape index (κ3) is 3.03. The Morgan fingerprint density at radius 1 is 1.16 bits per heavy atom. The molecule has 0 spiro atoms. The first kappa shape index (κ1) is 13.4. The third-order valence-corrected chi connectivity index (χ3v) is 2.46. The van der Waals surface area contributed by atoms with E-state index in [0.29, 0.717) is 12.1 Å². The number of aromatic nitrogens is 1. The van der Waals surface area contributed by atoms with E-state index in [1.807, 2.05) is 5.32 Å². The summed E-state index contributed by atoms with van der Waals surface area (Å²) in [6.07, 6.45) is 1.15. The number of halogens is 4. The molecule has 0 unspecified atom stereocenters. The van der Waals surface area contributed by atoms with Gasteiger partial charge in [-0.25, -0.2) is 18.2 Å². The summed E-state index contributed by atoms with van der Waals surface area (Å²) >= 11 is 5.54. The van der Waals surface area contributed by atoms with Gasteiger partial charge in [-0.2, -0.15) is 0 Å². The molecular weight excluding hydrogens is 281 g/mol. The molecule has 98 valence electrons. The van der Waals surface area contributed by atoms with E-state index in [0.717, 1.165) is 6.20 Å². The Morgan fingerprint density at radius 3 is 2.32 bits per heavy atom. The minimum Gasteiger partial charge on any atom is -0.317 e. The Bertz CT molecular complexity index is 608. The van der Waals surface area contributed by atoms with Gasteiger partial charge in [0.2, 0.25) is 0 Å². The van der Waals surface area contributed by atoms with E-state index < -0.39 is 29.0 Å². The zero-order valence-electron chi connectivity index (χ0n) is 9.25. The Kier molecular flexibility index (Phi) is 3.71. The number of rotatable bonds is 2. The molecule has 7 heteroatoms. The first-order valence-corrected chi connectivity index (χ1v) is 5.42. The van der Waals surface area contributed by atoms with Gasteiger partial charge in [-0.15, -0.1) is 0 Å². The molecule has 0 saturated carbocycles. The maximum absolute atomic E-state index is 13.3. The zero-order chi connectivity index (χ0) is 14.0. The topological polar surface area (TPSA) is 42.0 Å². The van der Waals surface area contributed by atoms with E-state index in [1.165, 1.54) is 12.1 Å². The maximum Gasteiger partial charge on any atom is 0.257 e. The summed E-state index contributed by atoms with van der Waals surface area (Å²) in [5.41, 5.74) is -0.658. The largest absolute Gasteiger partial charge is 0.317 e. The summed E-state index contributed by atoms with van der Waals surface area (Å²) < 4.78 is 39.3. The van der Waals surface area contributed by atoms with Crippen molar-refractivity contribution in [1.29, 1.82) is 0 Å². The lowest BCUT2D eigenvalue weighted by Gasteiger charge is -2.07. The smallest absolute Gasteiger partial charge is 0.257 e. The van der Waals surface area contributed by atoms with Gasteiger partial charge in [0.1, 0.15) is 16.7 Å². The SMILES string of the molecule is O=C(Nc1c(F)cc(F)cc1F)c1ccc(Cl)nc1. The van der Waals surface area contributed by atoms with Crippen LogP contribution in [0.15, 0.2) is 30.5 Å². The van der Waals surface area contributed by atoms with Gasteiger partial charge in [0.25, 0.3) is 5.91 Å². The van der Waals surface area contributed by atoms with Crippen LogP contribution in [0.2, 0.25) is 5.15 Å². The van der Waals surface area contributed by atoms with Crippen LogP contribution in [0.1, 0.15) is 10.4 Å². The number of pyridine rings is 1. The van der Waals surface area contributed by atoms with Crippen LogP contribution in [0, 0.1) is 17.5 Å². The van der Waals surface area contributed by atoms with E-state index in [-0.39, 0.29) is 10.7 Å². The Balaban J connectivity index is 2.26. The number of nitrogens with one attached hydrogen (secondary N) is 1. The normalized spacial score (nSPS) is 10.3. The molecule has 0 fully saturated rings. The maximum atomic E-state index is 13.3. The van der Waals surface area contributed by atoms with E-state index in [9.17, 15) is 18.0 Å². The van der Waals surface area contributed by atoms with Crippen molar-refractivity contribution >= 4 is 23.2 Å². The van der Waals surface area contributed by atoms with Gasteiger partial charge < -0.3 is 5.32 Å². The Labute approximate surface area is 111 Å². The van der Waals surface area contributed by atoms with Crippen molar-refractivity contribution in [2.45, 2.75) is 0 Å².